The van der Waals surface area contributed by atoms with Gasteiger partial charge in [0.15, 0.2) is 6.10 Å². The molecule has 0 amide bonds. The second-order valence-corrected chi connectivity index (χ2v) is 22.0. The van der Waals surface area contributed by atoms with Crippen molar-refractivity contribution in [3.05, 3.63) is 85.1 Å². The summed E-state index contributed by atoms with van der Waals surface area (Å²) in [6.45, 7) is 6.44. The van der Waals surface area contributed by atoms with E-state index in [-0.39, 0.29) is 37.5 Å². The topological polar surface area (TPSA) is 78.9 Å². The predicted octanol–water partition coefficient (Wildman–Crippen LogP) is 22.7. The summed E-state index contributed by atoms with van der Waals surface area (Å²) >= 11 is 0. The van der Waals surface area contributed by atoms with Crippen LogP contribution in [0.25, 0.3) is 0 Å². The minimum absolute atomic E-state index is 0.0959. The van der Waals surface area contributed by atoms with Gasteiger partial charge in [-0.2, -0.15) is 0 Å². The highest BCUT2D eigenvalue weighted by atomic mass is 16.6. The molecule has 0 aromatic rings. The van der Waals surface area contributed by atoms with Crippen molar-refractivity contribution in [1.82, 2.24) is 0 Å². The van der Waals surface area contributed by atoms with Gasteiger partial charge in [0.25, 0.3) is 0 Å². The summed E-state index contributed by atoms with van der Waals surface area (Å²) in [7, 11) is 0. The molecule has 0 aliphatic carbocycles. The van der Waals surface area contributed by atoms with Gasteiger partial charge in [-0.15, -0.1) is 0 Å². The van der Waals surface area contributed by atoms with Crippen LogP contribution in [-0.2, 0) is 28.6 Å². The zero-order valence-corrected chi connectivity index (χ0v) is 51.0. The van der Waals surface area contributed by atoms with E-state index < -0.39 is 6.10 Å². The molecule has 77 heavy (non-hydrogen) atoms. The number of rotatable bonds is 60. The lowest BCUT2D eigenvalue weighted by molar-refractivity contribution is -0.167. The molecule has 0 aromatic heterocycles. The lowest BCUT2D eigenvalue weighted by Gasteiger charge is -2.18. The number of ether oxygens (including phenoxy) is 3. The van der Waals surface area contributed by atoms with Crippen molar-refractivity contribution in [3.8, 4) is 0 Å². The average molecular weight is 1070 g/mol. The van der Waals surface area contributed by atoms with Crippen molar-refractivity contribution in [1.29, 1.82) is 0 Å². The second kappa shape index (κ2) is 65.1. The lowest BCUT2D eigenvalue weighted by atomic mass is 10.0. The second-order valence-electron chi connectivity index (χ2n) is 22.0. The van der Waals surface area contributed by atoms with Crippen molar-refractivity contribution in [2.24, 2.45) is 0 Å². The van der Waals surface area contributed by atoms with Crippen molar-refractivity contribution in [2.45, 2.75) is 335 Å². The van der Waals surface area contributed by atoms with Gasteiger partial charge in [0.2, 0.25) is 0 Å². The van der Waals surface area contributed by atoms with E-state index in [1.807, 2.05) is 0 Å². The van der Waals surface area contributed by atoms with Gasteiger partial charge in [-0.05, 0) is 109 Å². The van der Waals surface area contributed by atoms with Gasteiger partial charge in [0, 0.05) is 19.3 Å². The summed E-state index contributed by atoms with van der Waals surface area (Å²) in [5.41, 5.74) is 0. The van der Waals surface area contributed by atoms with Crippen LogP contribution in [-0.4, -0.2) is 37.2 Å². The summed E-state index contributed by atoms with van der Waals surface area (Å²) < 4.78 is 16.9. The molecule has 0 fully saturated rings. The Morgan fingerprint density at radius 1 is 0.273 bits per heavy atom. The monoisotopic (exact) mass is 1070 g/mol. The minimum Gasteiger partial charge on any atom is -0.462 e. The Labute approximate surface area is 477 Å². The van der Waals surface area contributed by atoms with Gasteiger partial charge >= 0.3 is 17.9 Å². The summed E-state index contributed by atoms with van der Waals surface area (Å²) in [5, 5.41) is 0. The SMILES string of the molecule is CC/C=C\C/C=C\C/C=C\C/C=C\CCCCC(=O)OC(COC(=O)CCCCCCC/C=C\C/C=C\CCC)COC(=O)CCCCCCCCCCCCCCCCCCCCC/C=C\CCCCCCCCCC. The fraction of sp³-hybridized carbons (Fsp3) is 0.761. The maximum atomic E-state index is 12.9. The Hall–Kier alpha value is -3.41. The molecule has 0 aliphatic heterocycles. The Morgan fingerprint density at radius 2 is 0.532 bits per heavy atom. The molecular formula is C71H124O6. The number of unbranched alkanes of at least 4 members (excludes halogenated alkanes) is 35. The fourth-order valence-electron chi connectivity index (χ4n) is 9.41. The first kappa shape index (κ1) is 73.6. The molecule has 0 N–H and O–H groups in total. The molecule has 6 nitrogen and oxygen atoms in total. The molecule has 1 unspecified atom stereocenters. The van der Waals surface area contributed by atoms with E-state index in [9.17, 15) is 14.4 Å². The van der Waals surface area contributed by atoms with Crippen molar-refractivity contribution < 1.29 is 28.6 Å². The summed E-state index contributed by atoms with van der Waals surface area (Å²) in [6, 6.07) is 0. The third kappa shape index (κ3) is 63.3. The molecule has 444 valence electrons. The Morgan fingerprint density at radius 3 is 0.883 bits per heavy atom. The number of hydrogen-bond donors (Lipinski definition) is 0. The van der Waals surface area contributed by atoms with Crippen LogP contribution >= 0.6 is 0 Å². The van der Waals surface area contributed by atoms with Crippen LogP contribution in [0, 0.1) is 0 Å². The van der Waals surface area contributed by atoms with E-state index in [1.165, 1.54) is 173 Å². The smallest absolute Gasteiger partial charge is 0.306 e. The van der Waals surface area contributed by atoms with E-state index in [0.29, 0.717) is 19.3 Å². The molecule has 6 heteroatoms. The van der Waals surface area contributed by atoms with Gasteiger partial charge in [-0.25, -0.2) is 0 Å². The molecule has 1 atom stereocenters. The maximum Gasteiger partial charge on any atom is 0.306 e. The van der Waals surface area contributed by atoms with Gasteiger partial charge in [0.05, 0.1) is 0 Å². The molecular weight excluding hydrogens is 949 g/mol. The third-order valence-corrected chi connectivity index (χ3v) is 14.3. The number of esters is 3. The van der Waals surface area contributed by atoms with Crippen LogP contribution in [0.3, 0.4) is 0 Å². The average Bonchev–Trinajstić information content (AvgIpc) is 3.43. The molecule has 0 saturated heterocycles. The number of allylic oxidation sites excluding steroid dienone is 14. The van der Waals surface area contributed by atoms with Crippen molar-refractivity contribution in [3.63, 3.8) is 0 Å². The molecule has 0 bridgehead atoms. The van der Waals surface area contributed by atoms with Crippen LogP contribution in [0.1, 0.15) is 329 Å². The van der Waals surface area contributed by atoms with Crippen LogP contribution in [0.15, 0.2) is 85.1 Å². The normalized spacial score (nSPS) is 12.6. The largest absolute Gasteiger partial charge is 0.462 e. The van der Waals surface area contributed by atoms with Gasteiger partial charge in [0.1, 0.15) is 13.2 Å². The van der Waals surface area contributed by atoms with E-state index in [4.69, 9.17) is 14.2 Å². The highest BCUT2D eigenvalue weighted by Gasteiger charge is 2.19. The standard InChI is InChI=1S/C71H124O6/c1-4-7-10-13-16-19-22-25-27-28-29-30-31-32-33-34-35-36-37-38-39-40-41-42-44-46-49-52-55-58-61-64-70(73)76-67-68(66-75-69(72)63-60-57-54-51-48-45-24-21-18-15-12-9-6-3)77-71(74)65-62-59-56-53-50-47-43-26-23-20-17-14-11-8-5-2/h8,11-12,15,17,20-21,24,26,28-29,43,50,53,68H,4-7,9-10,13-14,16,18-19,22-23,25,27,30-42,44-49,51-52,54-67H2,1-3H3/b11-8-,15-12-,20-17-,24-21-,29-28-,43-26-,53-50-. The van der Waals surface area contributed by atoms with E-state index in [1.54, 1.807) is 0 Å². The van der Waals surface area contributed by atoms with Crippen molar-refractivity contribution >= 4 is 17.9 Å². The third-order valence-electron chi connectivity index (χ3n) is 14.3. The van der Waals surface area contributed by atoms with Crippen LogP contribution < -0.4 is 0 Å². The molecule has 0 spiro atoms. The van der Waals surface area contributed by atoms with Gasteiger partial charge in [-0.1, -0.05) is 286 Å². The Bertz CT molecular complexity index is 1470. The highest BCUT2D eigenvalue weighted by Crippen LogP contribution is 2.17. The first-order valence-corrected chi connectivity index (χ1v) is 33.1. The zero-order valence-electron chi connectivity index (χ0n) is 51.0. The number of carbonyl (C=O) groups excluding carboxylic acids is 3. The number of hydrogen-bond acceptors (Lipinski definition) is 6. The highest BCUT2D eigenvalue weighted by molar-refractivity contribution is 5.71. The van der Waals surface area contributed by atoms with Gasteiger partial charge in [-0.3, -0.25) is 14.4 Å². The molecule has 0 heterocycles. The number of carbonyl (C=O) groups is 3. The first-order valence-electron chi connectivity index (χ1n) is 33.1. The Balaban J connectivity index is 4.18. The fourth-order valence-corrected chi connectivity index (χ4v) is 9.41. The molecule has 0 radical (unpaired) electrons. The molecule has 0 saturated carbocycles. The lowest BCUT2D eigenvalue weighted by Crippen LogP contribution is -2.30. The molecule has 0 aliphatic rings. The van der Waals surface area contributed by atoms with Crippen LogP contribution in [0.5, 0.6) is 0 Å². The Kier molecular flexibility index (Phi) is 62.2. The van der Waals surface area contributed by atoms with Gasteiger partial charge < -0.3 is 14.2 Å². The van der Waals surface area contributed by atoms with E-state index in [2.05, 4.69) is 106 Å². The minimum atomic E-state index is -0.804. The summed E-state index contributed by atoms with van der Waals surface area (Å²) in [5.74, 6) is -0.942. The molecule has 0 rings (SSSR count). The summed E-state index contributed by atoms with van der Waals surface area (Å²) in [4.78, 5) is 38.2. The zero-order chi connectivity index (χ0) is 55.7. The quantitative estimate of drug-likeness (QED) is 0.0261. The predicted molar refractivity (Wildman–Crippen MR) is 334 cm³/mol. The maximum absolute atomic E-state index is 12.9. The first-order chi connectivity index (χ1) is 38.0. The van der Waals surface area contributed by atoms with E-state index in [0.717, 1.165) is 109 Å². The summed E-state index contributed by atoms with van der Waals surface area (Å²) in [6.07, 6.45) is 86.3. The molecule has 0 aromatic carbocycles. The van der Waals surface area contributed by atoms with Crippen LogP contribution in [0.2, 0.25) is 0 Å². The van der Waals surface area contributed by atoms with Crippen molar-refractivity contribution in [2.75, 3.05) is 13.2 Å². The van der Waals surface area contributed by atoms with E-state index >= 15 is 0 Å². The van der Waals surface area contributed by atoms with Crippen LogP contribution in [0.4, 0.5) is 0 Å².